The number of alkyl halides is 3. The maximum absolute atomic E-state index is 13.7. The van der Waals surface area contributed by atoms with E-state index in [2.05, 4.69) is 15.4 Å². The van der Waals surface area contributed by atoms with Gasteiger partial charge in [-0.05, 0) is 52.4 Å². The van der Waals surface area contributed by atoms with Crippen LogP contribution in [-0.2, 0) is 15.7 Å². The van der Waals surface area contributed by atoms with Crippen LogP contribution in [0.2, 0.25) is 0 Å². The van der Waals surface area contributed by atoms with Crippen LogP contribution in [0.1, 0.15) is 77.5 Å². The van der Waals surface area contributed by atoms with E-state index < -0.39 is 29.7 Å². The number of ether oxygens (including phenoxy) is 2. The van der Waals surface area contributed by atoms with Crippen LogP contribution in [0.4, 0.5) is 28.6 Å². The summed E-state index contributed by atoms with van der Waals surface area (Å²) in [4.78, 5) is 32.3. The Morgan fingerprint density at radius 2 is 1.72 bits per heavy atom. The minimum absolute atomic E-state index is 0.0386. The molecular weight excluding hydrogens is 517 g/mol. The maximum Gasteiger partial charge on any atom is 0.433 e. The number of aromatic nitrogens is 3. The Hall–Kier alpha value is -3.25. The van der Waals surface area contributed by atoms with Crippen molar-refractivity contribution in [1.29, 1.82) is 0 Å². The van der Waals surface area contributed by atoms with Crippen molar-refractivity contribution in [2.75, 3.05) is 18.4 Å². The summed E-state index contributed by atoms with van der Waals surface area (Å²) < 4.78 is 53.4. The third-order valence-electron chi connectivity index (χ3n) is 7.47. The highest BCUT2D eigenvalue weighted by Gasteiger charge is 2.46. The van der Waals surface area contributed by atoms with Crippen molar-refractivity contribution < 1.29 is 32.2 Å². The van der Waals surface area contributed by atoms with E-state index >= 15 is 0 Å². The average molecular weight is 553 g/mol. The summed E-state index contributed by atoms with van der Waals surface area (Å²) in [5, 5.41) is 7.59. The summed E-state index contributed by atoms with van der Waals surface area (Å²) in [6.07, 6.45) is -1.52. The molecule has 2 aromatic heterocycles. The molecule has 3 saturated heterocycles. The number of fused-ring (bicyclic) bond motifs is 3. The van der Waals surface area contributed by atoms with Crippen LogP contribution in [0.25, 0.3) is 5.65 Å². The summed E-state index contributed by atoms with van der Waals surface area (Å²) in [5.74, 6) is 0.194. The number of likely N-dealkylation sites (tertiary alicyclic amines) is 1. The van der Waals surface area contributed by atoms with Crippen LogP contribution in [0, 0.1) is 0 Å². The molecule has 2 bridgehead atoms. The second kappa shape index (κ2) is 9.74. The SMILES string of the molecule is CC(C)c1cnn2c(NC3CC4CCC(C3)N4C(=O)OC3CN(C(=O)OC(C)(C)C)C3)cc(C(F)(F)F)nc12. The van der Waals surface area contributed by atoms with Crippen molar-refractivity contribution in [1.82, 2.24) is 24.4 Å². The molecule has 5 rings (SSSR count). The number of rotatable bonds is 4. The van der Waals surface area contributed by atoms with Gasteiger partial charge in [-0.1, -0.05) is 13.8 Å². The number of nitrogens with one attached hydrogen (secondary N) is 1. The molecule has 2 aromatic rings. The molecular formula is C26H35F3N6O4. The van der Waals surface area contributed by atoms with Gasteiger partial charge in [0.15, 0.2) is 11.3 Å². The summed E-state index contributed by atoms with van der Waals surface area (Å²) >= 11 is 0. The smallest absolute Gasteiger partial charge is 0.433 e. The first-order chi connectivity index (χ1) is 18.2. The molecule has 0 aliphatic carbocycles. The van der Waals surface area contributed by atoms with Gasteiger partial charge in [0.1, 0.15) is 17.5 Å². The molecule has 39 heavy (non-hydrogen) atoms. The van der Waals surface area contributed by atoms with Gasteiger partial charge >= 0.3 is 18.4 Å². The fourth-order valence-electron chi connectivity index (χ4n) is 5.63. The molecule has 3 aliphatic heterocycles. The van der Waals surface area contributed by atoms with Gasteiger partial charge in [-0.15, -0.1) is 0 Å². The Morgan fingerprint density at radius 1 is 1.08 bits per heavy atom. The third kappa shape index (κ3) is 5.58. The van der Waals surface area contributed by atoms with Crippen molar-refractivity contribution in [3.05, 3.63) is 23.5 Å². The monoisotopic (exact) mass is 552 g/mol. The molecule has 0 spiro atoms. The lowest BCUT2D eigenvalue weighted by Gasteiger charge is -2.42. The van der Waals surface area contributed by atoms with Gasteiger partial charge in [-0.2, -0.15) is 22.8 Å². The first-order valence-corrected chi connectivity index (χ1v) is 13.4. The fraction of sp³-hybridized carbons (Fsp3) is 0.692. The number of piperidine rings is 1. The van der Waals surface area contributed by atoms with Gasteiger partial charge < -0.3 is 24.6 Å². The summed E-state index contributed by atoms with van der Waals surface area (Å²) in [7, 11) is 0. The number of carbonyl (C=O) groups excluding carboxylic acids is 2. The van der Waals surface area contributed by atoms with Gasteiger partial charge in [0.2, 0.25) is 0 Å². The molecule has 5 heterocycles. The highest BCUT2D eigenvalue weighted by atomic mass is 19.4. The Bertz CT molecular complexity index is 1240. The molecule has 1 N–H and O–H groups in total. The molecule has 3 aliphatic rings. The van der Waals surface area contributed by atoms with Gasteiger partial charge in [0.25, 0.3) is 0 Å². The van der Waals surface area contributed by atoms with E-state index in [4.69, 9.17) is 9.47 Å². The summed E-state index contributed by atoms with van der Waals surface area (Å²) in [5.41, 5.74) is -0.735. The third-order valence-corrected chi connectivity index (χ3v) is 7.47. The quantitative estimate of drug-likeness (QED) is 0.568. The highest BCUT2D eigenvalue weighted by molar-refractivity contribution is 5.71. The van der Waals surface area contributed by atoms with Crippen molar-refractivity contribution >= 4 is 23.7 Å². The maximum atomic E-state index is 13.7. The number of carbonyl (C=O) groups is 2. The van der Waals surface area contributed by atoms with E-state index in [9.17, 15) is 22.8 Å². The topological polar surface area (TPSA) is 101 Å². The van der Waals surface area contributed by atoms with Gasteiger partial charge in [-0.25, -0.2) is 14.6 Å². The molecule has 3 fully saturated rings. The van der Waals surface area contributed by atoms with E-state index in [0.717, 1.165) is 18.9 Å². The molecule has 0 radical (unpaired) electrons. The number of hydrogen-bond acceptors (Lipinski definition) is 7. The number of halogens is 3. The van der Waals surface area contributed by atoms with Crippen LogP contribution in [0.5, 0.6) is 0 Å². The summed E-state index contributed by atoms with van der Waals surface area (Å²) in [6, 6.07) is 0.689. The minimum atomic E-state index is -4.59. The fourth-order valence-corrected chi connectivity index (χ4v) is 5.63. The van der Waals surface area contributed by atoms with E-state index in [-0.39, 0.29) is 54.7 Å². The zero-order valence-electron chi connectivity index (χ0n) is 22.8. The van der Waals surface area contributed by atoms with Crippen LogP contribution in [0.3, 0.4) is 0 Å². The van der Waals surface area contributed by atoms with E-state index in [0.29, 0.717) is 18.4 Å². The number of nitrogens with zero attached hydrogens (tertiary/aromatic N) is 5. The zero-order chi connectivity index (χ0) is 28.3. The van der Waals surface area contributed by atoms with E-state index in [1.807, 2.05) is 13.8 Å². The lowest BCUT2D eigenvalue weighted by Crippen LogP contribution is -2.58. The largest absolute Gasteiger partial charge is 0.444 e. The Labute approximate surface area is 224 Å². The molecule has 2 atom stereocenters. The van der Waals surface area contributed by atoms with Gasteiger partial charge in [0.05, 0.1) is 19.3 Å². The standard InChI is InChI=1S/C26H35F3N6O4/c1-14(2)19-11-30-35-21(10-20(26(27,28)29)32-22(19)35)31-15-8-16-6-7-17(9-15)34(16)24(37)38-18-12-33(13-18)23(36)39-25(3,4)5/h10-11,14-18,31H,6-9,12-13H2,1-5H3. The van der Waals surface area contributed by atoms with Crippen LogP contribution >= 0.6 is 0 Å². The van der Waals surface area contributed by atoms with E-state index in [1.165, 1.54) is 9.42 Å². The number of hydrogen-bond donors (Lipinski definition) is 1. The molecule has 2 amide bonds. The molecule has 0 aromatic carbocycles. The van der Waals surface area contributed by atoms with Crippen LogP contribution < -0.4 is 5.32 Å². The van der Waals surface area contributed by atoms with E-state index in [1.54, 1.807) is 31.9 Å². The lowest BCUT2D eigenvalue weighted by atomic mass is 9.97. The molecule has 13 heteroatoms. The van der Waals surface area contributed by atoms with Crippen molar-refractivity contribution in [3.63, 3.8) is 0 Å². The molecule has 214 valence electrons. The molecule has 0 saturated carbocycles. The molecule has 2 unspecified atom stereocenters. The Morgan fingerprint density at radius 3 is 2.28 bits per heavy atom. The second-order valence-electron chi connectivity index (χ2n) is 12.0. The number of amides is 2. The Kier molecular flexibility index (Phi) is 6.82. The predicted molar refractivity (Wildman–Crippen MR) is 135 cm³/mol. The molecule has 10 nitrogen and oxygen atoms in total. The first kappa shape index (κ1) is 27.3. The van der Waals surface area contributed by atoms with Crippen molar-refractivity contribution in [2.24, 2.45) is 0 Å². The highest BCUT2D eigenvalue weighted by Crippen LogP contribution is 2.39. The second-order valence-corrected chi connectivity index (χ2v) is 12.0. The normalized spacial score (nSPS) is 23.8. The number of anilines is 1. The van der Waals surface area contributed by atoms with Crippen molar-refractivity contribution in [3.8, 4) is 0 Å². The summed E-state index contributed by atoms with van der Waals surface area (Å²) in [6.45, 7) is 9.73. The first-order valence-electron chi connectivity index (χ1n) is 13.4. The average Bonchev–Trinajstić information content (AvgIpc) is 3.33. The van der Waals surface area contributed by atoms with Crippen LogP contribution in [0.15, 0.2) is 12.3 Å². The minimum Gasteiger partial charge on any atom is -0.444 e. The lowest BCUT2D eigenvalue weighted by molar-refractivity contribution is -0.141. The van der Waals surface area contributed by atoms with Crippen molar-refractivity contribution in [2.45, 2.75) is 102 Å². The predicted octanol–water partition coefficient (Wildman–Crippen LogP) is 5.03. The van der Waals surface area contributed by atoms with Crippen LogP contribution in [-0.4, -0.2) is 79.5 Å². The Balaban J connectivity index is 1.23. The van der Waals surface area contributed by atoms with Gasteiger partial charge in [-0.3, -0.25) is 0 Å². The zero-order valence-corrected chi connectivity index (χ0v) is 22.8. The van der Waals surface area contributed by atoms with Gasteiger partial charge in [0, 0.05) is 29.8 Å².